The van der Waals surface area contributed by atoms with Gasteiger partial charge in [-0.05, 0) is 33.6 Å². The molecule has 0 aromatic rings. The number of carbonyl (C=O) groups excluding carboxylic acids is 2. The molecule has 2 amide bonds. The summed E-state index contributed by atoms with van der Waals surface area (Å²) >= 11 is 0. The van der Waals surface area contributed by atoms with Crippen molar-refractivity contribution in [1.82, 2.24) is 19.4 Å². The Morgan fingerprint density at radius 3 is 2.52 bits per heavy atom. The SMILES string of the molecule is CCCCN(CCC(=O)NO)S(=O)(=O)N1CCC(NC(=O)OC(C)(C)C)C1. The van der Waals surface area contributed by atoms with Crippen molar-refractivity contribution in [2.45, 2.75) is 65.0 Å². The fraction of sp³-hybridized carbons (Fsp3) is 0.875. The molecule has 0 bridgehead atoms. The Kier molecular flexibility index (Phi) is 8.92. The average Bonchev–Trinajstić information content (AvgIpc) is 3.01. The summed E-state index contributed by atoms with van der Waals surface area (Å²) in [7, 11) is -3.77. The summed E-state index contributed by atoms with van der Waals surface area (Å²) in [5, 5.41) is 11.3. The van der Waals surface area contributed by atoms with E-state index in [1.54, 1.807) is 20.8 Å². The van der Waals surface area contributed by atoms with Crippen LogP contribution in [-0.4, -0.2) is 72.1 Å². The summed E-state index contributed by atoms with van der Waals surface area (Å²) in [5.74, 6) is -0.641. The van der Waals surface area contributed by atoms with Gasteiger partial charge in [0.15, 0.2) is 0 Å². The third kappa shape index (κ3) is 7.99. The molecule has 3 N–H and O–H groups in total. The van der Waals surface area contributed by atoms with Gasteiger partial charge < -0.3 is 10.1 Å². The second-order valence-electron chi connectivity index (χ2n) is 7.54. The van der Waals surface area contributed by atoms with Gasteiger partial charge in [-0.2, -0.15) is 17.0 Å². The lowest BCUT2D eigenvalue weighted by Gasteiger charge is -2.27. The Morgan fingerprint density at radius 1 is 1.30 bits per heavy atom. The highest BCUT2D eigenvalue weighted by Crippen LogP contribution is 2.19. The zero-order chi connectivity index (χ0) is 20.7. The highest BCUT2D eigenvalue weighted by atomic mass is 32.2. The Balaban J connectivity index is 2.70. The number of rotatable bonds is 9. The van der Waals surface area contributed by atoms with E-state index in [1.807, 2.05) is 6.92 Å². The lowest BCUT2D eigenvalue weighted by Crippen LogP contribution is -2.46. The van der Waals surface area contributed by atoms with Gasteiger partial charge in [-0.3, -0.25) is 10.0 Å². The lowest BCUT2D eigenvalue weighted by molar-refractivity contribution is -0.129. The zero-order valence-electron chi connectivity index (χ0n) is 16.5. The number of nitrogens with one attached hydrogen (secondary N) is 2. The first kappa shape index (κ1) is 23.6. The second-order valence-corrected chi connectivity index (χ2v) is 9.46. The topological polar surface area (TPSA) is 128 Å². The van der Waals surface area contributed by atoms with Gasteiger partial charge in [-0.1, -0.05) is 13.3 Å². The van der Waals surface area contributed by atoms with Crippen LogP contribution in [0, 0.1) is 0 Å². The van der Waals surface area contributed by atoms with Crippen LogP contribution in [0.15, 0.2) is 0 Å². The summed E-state index contributed by atoms with van der Waals surface area (Å²) < 4.78 is 33.6. The smallest absolute Gasteiger partial charge is 0.407 e. The van der Waals surface area contributed by atoms with E-state index in [0.717, 1.165) is 6.42 Å². The van der Waals surface area contributed by atoms with Gasteiger partial charge in [0.1, 0.15) is 5.60 Å². The highest BCUT2D eigenvalue weighted by molar-refractivity contribution is 7.86. The summed E-state index contributed by atoms with van der Waals surface area (Å²) in [6, 6.07) is -0.330. The number of hydroxylamine groups is 1. The Hall–Kier alpha value is -1.43. The van der Waals surface area contributed by atoms with Gasteiger partial charge in [-0.15, -0.1) is 0 Å². The molecule has 0 aliphatic carbocycles. The molecule has 0 aromatic carbocycles. The first-order valence-corrected chi connectivity index (χ1v) is 10.6. The summed E-state index contributed by atoms with van der Waals surface area (Å²) in [6.45, 7) is 7.91. The van der Waals surface area contributed by atoms with Crippen molar-refractivity contribution in [3.63, 3.8) is 0 Å². The lowest BCUT2D eigenvalue weighted by atomic mass is 10.2. The van der Waals surface area contributed by atoms with Gasteiger partial charge in [0.2, 0.25) is 5.91 Å². The maximum Gasteiger partial charge on any atom is 0.407 e. The third-order valence-electron chi connectivity index (χ3n) is 4.00. The predicted octanol–water partition coefficient (Wildman–Crippen LogP) is 0.828. The average molecular weight is 409 g/mol. The van der Waals surface area contributed by atoms with E-state index >= 15 is 0 Å². The van der Waals surface area contributed by atoms with Crippen LogP contribution in [0.3, 0.4) is 0 Å². The van der Waals surface area contributed by atoms with Crippen LogP contribution in [0.1, 0.15) is 53.4 Å². The number of hydrogen-bond donors (Lipinski definition) is 3. The van der Waals surface area contributed by atoms with E-state index in [4.69, 9.17) is 9.94 Å². The normalized spacial score (nSPS) is 18.5. The molecule has 158 valence electrons. The first-order chi connectivity index (χ1) is 12.5. The molecule has 1 fully saturated rings. The monoisotopic (exact) mass is 408 g/mol. The number of hydrogen-bond acceptors (Lipinski definition) is 6. The van der Waals surface area contributed by atoms with Gasteiger partial charge in [0.05, 0.1) is 0 Å². The molecule has 1 atom stereocenters. The largest absolute Gasteiger partial charge is 0.444 e. The van der Waals surface area contributed by atoms with Crippen LogP contribution in [0.2, 0.25) is 0 Å². The molecule has 0 saturated carbocycles. The number of unbranched alkanes of at least 4 members (excludes halogenated alkanes) is 1. The number of amides is 2. The molecule has 1 aliphatic heterocycles. The molecule has 1 unspecified atom stereocenters. The number of carbonyl (C=O) groups is 2. The molecule has 0 spiro atoms. The minimum absolute atomic E-state index is 0.0185. The van der Waals surface area contributed by atoms with E-state index in [1.165, 1.54) is 14.1 Å². The molecule has 0 radical (unpaired) electrons. The Bertz CT molecular complexity index is 605. The van der Waals surface area contributed by atoms with Crippen molar-refractivity contribution in [3.8, 4) is 0 Å². The predicted molar refractivity (Wildman–Crippen MR) is 99.3 cm³/mol. The molecule has 10 nitrogen and oxygen atoms in total. The van der Waals surface area contributed by atoms with Crippen molar-refractivity contribution in [2.24, 2.45) is 0 Å². The van der Waals surface area contributed by atoms with Crippen LogP contribution in [0.4, 0.5) is 4.79 Å². The minimum atomic E-state index is -3.77. The van der Waals surface area contributed by atoms with Crippen molar-refractivity contribution in [3.05, 3.63) is 0 Å². The number of alkyl carbamates (subject to hydrolysis) is 1. The number of nitrogens with zero attached hydrogens (tertiary/aromatic N) is 2. The van der Waals surface area contributed by atoms with E-state index in [9.17, 15) is 18.0 Å². The molecule has 11 heteroatoms. The molecular weight excluding hydrogens is 376 g/mol. The van der Waals surface area contributed by atoms with Crippen molar-refractivity contribution < 1.29 is 28.0 Å². The molecule has 1 aliphatic rings. The molecular formula is C16H32N4O6S. The third-order valence-corrected chi connectivity index (χ3v) is 6.00. The van der Waals surface area contributed by atoms with Gasteiger partial charge in [0.25, 0.3) is 10.2 Å². The molecule has 1 heterocycles. The van der Waals surface area contributed by atoms with Crippen LogP contribution in [0.25, 0.3) is 0 Å². The fourth-order valence-electron chi connectivity index (χ4n) is 2.65. The van der Waals surface area contributed by atoms with E-state index in [-0.39, 0.29) is 38.6 Å². The quantitative estimate of drug-likeness (QED) is 0.383. The maximum absolute atomic E-state index is 12.9. The van der Waals surface area contributed by atoms with E-state index in [0.29, 0.717) is 12.8 Å². The van der Waals surface area contributed by atoms with Crippen molar-refractivity contribution in [1.29, 1.82) is 0 Å². The summed E-state index contributed by atoms with van der Waals surface area (Å²) in [4.78, 5) is 23.1. The Morgan fingerprint density at radius 2 is 1.96 bits per heavy atom. The van der Waals surface area contributed by atoms with E-state index in [2.05, 4.69) is 5.32 Å². The molecule has 27 heavy (non-hydrogen) atoms. The Labute approximate surface area is 161 Å². The van der Waals surface area contributed by atoms with E-state index < -0.39 is 27.8 Å². The fourth-order valence-corrected chi connectivity index (χ4v) is 4.37. The number of ether oxygens (including phenoxy) is 1. The highest BCUT2D eigenvalue weighted by Gasteiger charge is 2.36. The van der Waals surface area contributed by atoms with Crippen molar-refractivity contribution in [2.75, 3.05) is 26.2 Å². The maximum atomic E-state index is 12.9. The zero-order valence-corrected chi connectivity index (χ0v) is 17.3. The van der Waals surface area contributed by atoms with Gasteiger partial charge in [0, 0.05) is 38.6 Å². The summed E-state index contributed by atoms with van der Waals surface area (Å²) in [6.07, 6.45) is 1.24. The molecule has 0 aromatic heterocycles. The minimum Gasteiger partial charge on any atom is -0.444 e. The standard InChI is InChI=1S/C16H32N4O6S/c1-5-6-9-19(11-8-14(21)18-23)27(24,25)20-10-7-13(12-20)17-15(22)26-16(2,3)4/h13,23H,5-12H2,1-4H3,(H,17,22)(H,18,21). The molecule has 1 rings (SSSR count). The molecule has 1 saturated heterocycles. The first-order valence-electron chi connectivity index (χ1n) is 9.17. The second kappa shape index (κ2) is 10.2. The van der Waals surface area contributed by atoms with Gasteiger partial charge in [-0.25, -0.2) is 10.3 Å². The van der Waals surface area contributed by atoms with Crippen LogP contribution >= 0.6 is 0 Å². The summed E-state index contributed by atoms with van der Waals surface area (Å²) in [5.41, 5.74) is 0.883. The van der Waals surface area contributed by atoms with Crippen LogP contribution in [-0.2, 0) is 19.7 Å². The van der Waals surface area contributed by atoms with Crippen molar-refractivity contribution >= 4 is 22.2 Å². The van der Waals surface area contributed by atoms with Gasteiger partial charge >= 0.3 is 6.09 Å². The van der Waals surface area contributed by atoms with Crippen LogP contribution < -0.4 is 10.8 Å². The van der Waals surface area contributed by atoms with Crippen LogP contribution in [0.5, 0.6) is 0 Å².